The van der Waals surface area contributed by atoms with Crippen molar-refractivity contribution in [2.24, 2.45) is 5.92 Å². The van der Waals surface area contributed by atoms with Gasteiger partial charge in [0.05, 0.1) is 0 Å². The molecule has 0 radical (unpaired) electrons. The molecule has 1 saturated heterocycles. The van der Waals surface area contributed by atoms with Gasteiger partial charge >= 0.3 is 5.97 Å². The highest BCUT2D eigenvalue weighted by Crippen LogP contribution is 2.18. The molecule has 1 aliphatic rings. The number of ether oxygens (including phenoxy) is 1. The lowest BCUT2D eigenvalue weighted by Gasteiger charge is -2.11. The predicted molar refractivity (Wildman–Crippen MR) is 141 cm³/mol. The van der Waals surface area contributed by atoms with E-state index in [-0.39, 0.29) is 0 Å². The largest absolute Gasteiger partial charge is 0.479 e. The van der Waals surface area contributed by atoms with Crippen molar-refractivity contribution in [2.75, 3.05) is 13.2 Å². The van der Waals surface area contributed by atoms with Crippen molar-refractivity contribution in [1.29, 1.82) is 0 Å². The van der Waals surface area contributed by atoms with E-state index < -0.39 is 12.1 Å². The van der Waals surface area contributed by atoms with Gasteiger partial charge in [-0.15, -0.1) is 0 Å². The summed E-state index contributed by atoms with van der Waals surface area (Å²) in [4.78, 5) is 10.5. The molecule has 1 rings (SSSR count). The molecule has 1 aliphatic heterocycles. The van der Waals surface area contributed by atoms with Crippen LogP contribution in [0.3, 0.4) is 0 Å². The van der Waals surface area contributed by atoms with Gasteiger partial charge in [0, 0.05) is 13.2 Å². The molecule has 0 aromatic heterocycles. The van der Waals surface area contributed by atoms with Crippen molar-refractivity contribution >= 4 is 5.97 Å². The second-order valence-corrected chi connectivity index (χ2v) is 10.3. The van der Waals surface area contributed by atoms with Crippen LogP contribution in [0.2, 0.25) is 0 Å². The first-order chi connectivity index (χ1) is 16.1. The predicted octanol–water partition coefficient (Wildman–Crippen LogP) is 8.69. The average Bonchev–Trinajstić information content (AvgIpc) is 2.87. The summed E-state index contributed by atoms with van der Waals surface area (Å²) >= 11 is 0. The van der Waals surface area contributed by atoms with Gasteiger partial charge in [0.15, 0.2) is 6.10 Å². The Balaban J connectivity index is 0.000000771. The smallest absolute Gasteiger partial charge is 0.332 e. The summed E-state index contributed by atoms with van der Waals surface area (Å²) in [6.45, 7) is 6.61. The van der Waals surface area contributed by atoms with Crippen LogP contribution in [0.15, 0.2) is 0 Å². The Hall–Kier alpha value is -0.610. The number of carboxylic acids is 1. The molecule has 33 heavy (non-hydrogen) atoms. The molecule has 0 saturated carbocycles. The highest BCUT2D eigenvalue weighted by molar-refractivity contribution is 5.71. The van der Waals surface area contributed by atoms with E-state index >= 15 is 0 Å². The molecular formula is C29H58O4. The van der Waals surface area contributed by atoms with Gasteiger partial charge in [0.25, 0.3) is 0 Å². The molecule has 2 atom stereocenters. The third-order valence-electron chi connectivity index (χ3n) is 6.84. The van der Waals surface area contributed by atoms with Crippen molar-refractivity contribution in [3.63, 3.8) is 0 Å². The minimum absolute atomic E-state index is 0.392. The molecule has 2 N–H and O–H groups in total. The lowest BCUT2D eigenvalue weighted by Crippen LogP contribution is -2.18. The van der Waals surface area contributed by atoms with Gasteiger partial charge in [-0.2, -0.15) is 0 Å². The third kappa shape index (κ3) is 25.8. The van der Waals surface area contributed by atoms with E-state index in [9.17, 15) is 4.79 Å². The van der Waals surface area contributed by atoms with E-state index in [1.807, 2.05) is 0 Å². The number of aliphatic hydroxyl groups excluding tert-OH is 1. The lowest BCUT2D eigenvalue weighted by atomic mass is 9.96. The van der Waals surface area contributed by atoms with E-state index in [2.05, 4.69) is 13.8 Å². The summed E-state index contributed by atoms with van der Waals surface area (Å²) in [7, 11) is 0. The first-order valence-electron chi connectivity index (χ1n) is 14.6. The number of aliphatic carboxylic acids is 1. The summed E-state index contributed by atoms with van der Waals surface area (Å²) in [5, 5.41) is 17.7. The van der Waals surface area contributed by atoms with Crippen LogP contribution in [0.4, 0.5) is 0 Å². The number of hydrogen-bond donors (Lipinski definition) is 2. The Morgan fingerprint density at radius 1 is 0.667 bits per heavy atom. The first kappa shape index (κ1) is 32.4. The summed E-state index contributed by atoms with van der Waals surface area (Å²) in [5.41, 5.74) is 0. The molecule has 0 spiro atoms. The van der Waals surface area contributed by atoms with Gasteiger partial charge in [-0.05, 0) is 25.2 Å². The SMILES string of the molecule is C1CCCCCOCCCC1.CCCCCCCCCC(C)CCCCCCC(O)C(=O)O. The number of carbonyl (C=O) groups is 1. The van der Waals surface area contributed by atoms with E-state index in [1.54, 1.807) is 0 Å². The molecule has 0 amide bonds. The van der Waals surface area contributed by atoms with Gasteiger partial charge in [0.2, 0.25) is 0 Å². The Kier molecular flexibility index (Phi) is 25.5. The average molecular weight is 471 g/mol. The Morgan fingerprint density at radius 3 is 1.52 bits per heavy atom. The van der Waals surface area contributed by atoms with Crippen molar-refractivity contribution < 1.29 is 19.7 Å². The Bertz CT molecular complexity index is 361. The van der Waals surface area contributed by atoms with Gasteiger partial charge in [0.1, 0.15) is 0 Å². The third-order valence-corrected chi connectivity index (χ3v) is 6.84. The van der Waals surface area contributed by atoms with Crippen molar-refractivity contribution in [1.82, 2.24) is 0 Å². The number of aliphatic hydroxyl groups is 1. The fourth-order valence-electron chi connectivity index (χ4n) is 4.47. The lowest BCUT2D eigenvalue weighted by molar-refractivity contribution is -0.146. The zero-order valence-corrected chi connectivity index (χ0v) is 22.3. The fourth-order valence-corrected chi connectivity index (χ4v) is 4.47. The number of rotatable bonds is 16. The maximum atomic E-state index is 10.5. The van der Waals surface area contributed by atoms with Crippen molar-refractivity contribution in [3.8, 4) is 0 Å². The maximum Gasteiger partial charge on any atom is 0.332 e. The fraction of sp³-hybridized carbons (Fsp3) is 0.966. The maximum absolute atomic E-state index is 10.5. The highest BCUT2D eigenvalue weighted by Gasteiger charge is 2.11. The summed E-state index contributed by atoms with van der Waals surface area (Å²) in [6.07, 6.45) is 26.8. The molecule has 0 aromatic carbocycles. The zero-order valence-electron chi connectivity index (χ0n) is 22.3. The standard InChI is InChI=1S/C19H38O3.C10H20O/c1-3-4-5-6-7-8-11-14-17(2)15-12-9-10-13-16-18(20)19(21)22;1-2-4-6-8-10-11-9-7-5-3-1/h17-18,20H,3-16H2,1-2H3,(H,21,22);1-10H2. The molecule has 4 heteroatoms. The van der Waals surface area contributed by atoms with E-state index in [0.29, 0.717) is 6.42 Å². The zero-order chi connectivity index (χ0) is 24.4. The Morgan fingerprint density at radius 2 is 1.06 bits per heavy atom. The van der Waals surface area contributed by atoms with Gasteiger partial charge < -0.3 is 14.9 Å². The highest BCUT2D eigenvalue weighted by atomic mass is 16.5. The molecule has 0 bridgehead atoms. The number of carboxylic acid groups (broad SMARTS) is 1. The summed E-state index contributed by atoms with van der Waals surface area (Å²) in [5.74, 6) is -0.274. The molecule has 0 aliphatic carbocycles. The molecule has 198 valence electrons. The molecule has 1 heterocycles. The Labute approximate surface area is 206 Å². The van der Waals surface area contributed by atoms with E-state index in [0.717, 1.165) is 38.4 Å². The number of hydrogen-bond acceptors (Lipinski definition) is 3. The topological polar surface area (TPSA) is 66.8 Å². The van der Waals surface area contributed by atoms with Crippen LogP contribution in [-0.2, 0) is 9.53 Å². The molecule has 2 unspecified atom stereocenters. The summed E-state index contributed by atoms with van der Waals surface area (Å²) < 4.78 is 5.47. The van der Waals surface area contributed by atoms with Crippen LogP contribution in [0.5, 0.6) is 0 Å². The van der Waals surface area contributed by atoms with Crippen molar-refractivity contribution in [2.45, 2.75) is 161 Å². The minimum atomic E-state index is -1.17. The van der Waals surface area contributed by atoms with Crippen LogP contribution in [0.25, 0.3) is 0 Å². The number of unbranched alkanes of at least 4 members (excludes halogenated alkanes) is 9. The summed E-state index contributed by atoms with van der Waals surface area (Å²) in [6, 6.07) is 0. The monoisotopic (exact) mass is 470 g/mol. The normalized spacial score (nSPS) is 17.3. The van der Waals surface area contributed by atoms with Crippen LogP contribution in [0.1, 0.15) is 155 Å². The van der Waals surface area contributed by atoms with Crippen LogP contribution >= 0.6 is 0 Å². The van der Waals surface area contributed by atoms with Gasteiger partial charge in [-0.1, -0.05) is 136 Å². The van der Waals surface area contributed by atoms with Crippen molar-refractivity contribution in [3.05, 3.63) is 0 Å². The van der Waals surface area contributed by atoms with E-state index in [4.69, 9.17) is 14.9 Å². The molecule has 1 fully saturated rings. The van der Waals surface area contributed by atoms with E-state index in [1.165, 1.54) is 116 Å². The van der Waals surface area contributed by atoms with Crippen LogP contribution in [-0.4, -0.2) is 35.5 Å². The molecule has 0 aromatic rings. The van der Waals surface area contributed by atoms with Gasteiger partial charge in [-0.25, -0.2) is 4.79 Å². The second kappa shape index (κ2) is 26.0. The minimum Gasteiger partial charge on any atom is -0.479 e. The van der Waals surface area contributed by atoms with Crippen LogP contribution < -0.4 is 0 Å². The second-order valence-electron chi connectivity index (χ2n) is 10.3. The molecular weight excluding hydrogens is 412 g/mol. The van der Waals surface area contributed by atoms with Gasteiger partial charge in [-0.3, -0.25) is 0 Å². The van der Waals surface area contributed by atoms with Crippen LogP contribution in [0, 0.1) is 5.92 Å². The first-order valence-corrected chi connectivity index (χ1v) is 14.6. The molecule has 4 nitrogen and oxygen atoms in total. The quantitative estimate of drug-likeness (QED) is 0.221.